The van der Waals surface area contributed by atoms with Gasteiger partial charge in [-0.3, -0.25) is 4.79 Å². The van der Waals surface area contributed by atoms with Gasteiger partial charge in [-0.05, 0) is 12.1 Å². The van der Waals surface area contributed by atoms with Crippen LogP contribution < -0.4 is 11.1 Å². The number of amides is 1. The normalized spacial score (nSPS) is 10.0. The molecule has 2 rings (SSSR count). The Bertz CT molecular complexity index is 589. The summed E-state index contributed by atoms with van der Waals surface area (Å²) in [5.41, 5.74) is 6.07. The second kappa shape index (κ2) is 8.61. The molecule has 6 nitrogen and oxygen atoms in total. The molecule has 114 valence electrons. The molecule has 1 aromatic heterocycles. The summed E-state index contributed by atoms with van der Waals surface area (Å²) < 4.78 is 5.12. The van der Waals surface area contributed by atoms with Crippen molar-refractivity contribution in [2.75, 3.05) is 13.1 Å². The van der Waals surface area contributed by atoms with Crippen LogP contribution in [0, 0.1) is 0 Å². The van der Waals surface area contributed by atoms with Crippen molar-refractivity contribution in [1.82, 2.24) is 15.5 Å². The van der Waals surface area contributed by atoms with Crippen molar-refractivity contribution in [3.05, 3.63) is 35.2 Å². The number of benzene rings is 1. The molecule has 0 fully saturated rings. The summed E-state index contributed by atoms with van der Waals surface area (Å²) in [6.45, 7) is 0.779. The Morgan fingerprint density at radius 2 is 2.24 bits per heavy atom. The molecule has 1 aromatic carbocycles. The number of hydrogen-bond acceptors (Lipinski definition) is 5. The fourth-order valence-corrected chi connectivity index (χ4v) is 1.82. The summed E-state index contributed by atoms with van der Waals surface area (Å²) in [6, 6.07) is 7.21. The largest absolute Gasteiger partial charge is 0.356 e. The molecule has 2 aromatic rings. The maximum absolute atomic E-state index is 11.2. The lowest BCUT2D eigenvalue weighted by Crippen LogP contribution is -2.27. The Morgan fingerprint density at radius 3 is 2.95 bits per heavy atom. The topological polar surface area (TPSA) is 94.0 Å². The van der Waals surface area contributed by atoms with Gasteiger partial charge in [-0.25, -0.2) is 0 Å². The molecular formula is C13H16Cl2N4O2. The number of hydrogen-bond donors (Lipinski definition) is 2. The number of nitrogens with zero attached hydrogens (tertiary/aromatic N) is 2. The van der Waals surface area contributed by atoms with E-state index < -0.39 is 0 Å². The van der Waals surface area contributed by atoms with Gasteiger partial charge in [0.25, 0.3) is 0 Å². The van der Waals surface area contributed by atoms with Crippen molar-refractivity contribution in [2.45, 2.75) is 12.8 Å². The van der Waals surface area contributed by atoms with Crippen LogP contribution >= 0.6 is 24.0 Å². The monoisotopic (exact) mass is 330 g/mol. The molecule has 8 heteroatoms. The van der Waals surface area contributed by atoms with Gasteiger partial charge in [-0.2, -0.15) is 4.98 Å². The van der Waals surface area contributed by atoms with Crippen LogP contribution in [0.5, 0.6) is 0 Å². The van der Waals surface area contributed by atoms with Crippen LogP contribution in [0.25, 0.3) is 11.4 Å². The third-order valence-corrected chi connectivity index (χ3v) is 2.82. The van der Waals surface area contributed by atoms with E-state index in [-0.39, 0.29) is 18.3 Å². The first kappa shape index (κ1) is 17.4. The van der Waals surface area contributed by atoms with E-state index in [2.05, 4.69) is 15.5 Å². The van der Waals surface area contributed by atoms with Crippen LogP contribution in [-0.4, -0.2) is 29.1 Å². The molecule has 0 aliphatic heterocycles. The molecular weight excluding hydrogens is 315 g/mol. The van der Waals surface area contributed by atoms with Crippen molar-refractivity contribution >= 4 is 29.9 Å². The van der Waals surface area contributed by atoms with E-state index in [1.54, 1.807) is 12.1 Å². The van der Waals surface area contributed by atoms with Crippen LogP contribution in [0.1, 0.15) is 12.3 Å². The highest BCUT2D eigenvalue weighted by Crippen LogP contribution is 2.19. The molecule has 0 atom stereocenters. The summed E-state index contributed by atoms with van der Waals surface area (Å²) in [5.74, 6) is 0.867. The fourth-order valence-electron chi connectivity index (χ4n) is 1.63. The lowest BCUT2D eigenvalue weighted by molar-refractivity contribution is -0.120. The predicted molar refractivity (Wildman–Crippen MR) is 82.4 cm³/mol. The van der Waals surface area contributed by atoms with Crippen molar-refractivity contribution in [2.24, 2.45) is 5.73 Å². The van der Waals surface area contributed by atoms with E-state index >= 15 is 0 Å². The molecule has 0 unspecified atom stereocenters. The van der Waals surface area contributed by atoms with Crippen molar-refractivity contribution in [3.63, 3.8) is 0 Å². The van der Waals surface area contributed by atoms with Gasteiger partial charge in [-0.15, -0.1) is 12.4 Å². The average molecular weight is 331 g/mol. The lowest BCUT2D eigenvalue weighted by atomic mass is 10.2. The minimum atomic E-state index is -0.0814. The highest BCUT2D eigenvalue weighted by molar-refractivity contribution is 6.30. The van der Waals surface area contributed by atoms with E-state index in [1.807, 2.05) is 12.1 Å². The maximum Gasteiger partial charge on any atom is 0.228 e. The Hall–Kier alpha value is -1.63. The average Bonchev–Trinajstić information content (AvgIpc) is 2.88. The van der Waals surface area contributed by atoms with E-state index in [4.69, 9.17) is 21.9 Å². The quantitative estimate of drug-likeness (QED) is 0.842. The zero-order valence-electron chi connectivity index (χ0n) is 11.2. The molecule has 3 N–H and O–H groups in total. The van der Waals surface area contributed by atoms with Gasteiger partial charge in [0, 0.05) is 36.5 Å². The summed E-state index contributed by atoms with van der Waals surface area (Å²) in [7, 11) is 0. The van der Waals surface area contributed by atoms with Crippen LogP contribution in [0.4, 0.5) is 0 Å². The first-order chi connectivity index (χ1) is 9.69. The third-order valence-electron chi connectivity index (χ3n) is 2.58. The van der Waals surface area contributed by atoms with Gasteiger partial charge >= 0.3 is 0 Å². The minimum absolute atomic E-state index is 0. The molecule has 0 aliphatic rings. The standard InChI is InChI=1S/C13H15ClN4O2.ClH/c14-10-3-1-2-9(8-10)13-17-12(20-18-13)5-7-16-11(19)4-6-15;/h1-3,8H,4-7,15H2,(H,16,19);1H. The number of carbonyl (C=O) groups is 1. The van der Waals surface area contributed by atoms with E-state index in [0.29, 0.717) is 42.7 Å². The van der Waals surface area contributed by atoms with Gasteiger partial charge in [0.1, 0.15) is 0 Å². The first-order valence-electron chi connectivity index (χ1n) is 6.24. The van der Waals surface area contributed by atoms with Crippen molar-refractivity contribution < 1.29 is 9.32 Å². The second-order valence-electron chi connectivity index (χ2n) is 4.16. The molecule has 1 heterocycles. The Balaban J connectivity index is 0.00000220. The van der Waals surface area contributed by atoms with Crippen molar-refractivity contribution in [1.29, 1.82) is 0 Å². The molecule has 0 spiro atoms. The van der Waals surface area contributed by atoms with Gasteiger partial charge in [0.05, 0.1) is 0 Å². The highest BCUT2D eigenvalue weighted by atomic mass is 35.5. The molecule has 21 heavy (non-hydrogen) atoms. The number of rotatable bonds is 6. The zero-order valence-corrected chi connectivity index (χ0v) is 12.8. The predicted octanol–water partition coefficient (Wildman–Crippen LogP) is 1.82. The Labute approximate surface area is 133 Å². The lowest BCUT2D eigenvalue weighted by Gasteiger charge is -2.00. The van der Waals surface area contributed by atoms with E-state index in [1.165, 1.54) is 0 Å². The van der Waals surface area contributed by atoms with E-state index in [9.17, 15) is 4.79 Å². The third kappa shape index (κ3) is 5.34. The Kier molecular flexibility index (Phi) is 7.14. The maximum atomic E-state index is 11.2. The molecule has 0 radical (unpaired) electrons. The van der Waals surface area contributed by atoms with Crippen LogP contribution in [0.15, 0.2) is 28.8 Å². The summed E-state index contributed by atoms with van der Waals surface area (Å²) in [5, 5.41) is 7.22. The van der Waals surface area contributed by atoms with Gasteiger partial charge in [-0.1, -0.05) is 28.9 Å². The number of carbonyl (C=O) groups excluding carboxylic acids is 1. The molecule has 1 amide bonds. The van der Waals surface area contributed by atoms with Crippen LogP contribution in [0.3, 0.4) is 0 Å². The zero-order chi connectivity index (χ0) is 14.4. The molecule has 0 aliphatic carbocycles. The highest BCUT2D eigenvalue weighted by Gasteiger charge is 2.09. The van der Waals surface area contributed by atoms with E-state index in [0.717, 1.165) is 5.56 Å². The Morgan fingerprint density at radius 1 is 1.43 bits per heavy atom. The number of nitrogens with one attached hydrogen (secondary N) is 1. The fraction of sp³-hybridized carbons (Fsp3) is 0.308. The number of halogens is 2. The minimum Gasteiger partial charge on any atom is -0.356 e. The van der Waals surface area contributed by atoms with Gasteiger partial charge in [0.2, 0.25) is 17.6 Å². The second-order valence-corrected chi connectivity index (χ2v) is 4.60. The SMILES string of the molecule is Cl.NCCC(=O)NCCc1nc(-c2cccc(Cl)c2)no1. The van der Waals surface area contributed by atoms with Crippen LogP contribution in [-0.2, 0) is 11.2 Å². The smallest absolute Gasteiger partial charge is 0.228 e. The first-order valence-corrected chi connectivity index (χ1v) is 6.62. The molecule has 0 bridgehead atoms. The summed E-state index contributed by atoms with van der Waals surface area (Å²) >= 11 is 5.91. The van der Waals surface area contributed by atoms with Gasteiger partial charge < -0.3 is 15.6 Å². The van der Waals surface area contributed by atoms with Gasteiger partial charge in [0.15, 0.2) is 0 Å². The van der Waals surface area contributed by atoms with Crippen molar-refractivity contribution in [3.8, 4) is 11.4 Å². The number of nitrogens with two attached hydrogens (primary N) is 1. The summed E-state index contributed by atoms with van der Waals surface area (Å²) in [6.07, 6.45) is 0.793. The van der Waals surface area contributed by atoms with Crippen LogP contribution in [0.2, 0.25) is 5.02 Å². The number of aromatic nitrogens is 2. The summed E-state index contributed by atoms with van der Waals surface area (Å²) in [4.78, 5) is 15.5. The molecule has 0 saturated heterocycles. The molecule has 0 saturated carbocycles.